The SMILES string of the molecule is CC(C)Sc1ccccc1C(=O)NC1CNCCC1C.Cl. The molecule has 1 aromatic rings. The minimum Gasteiger partial charge on any atom is -0.348 e. The molecule has 1 aliphatic rings. The molecule has 2 rings (SSSR count). The van der Waals surface area contributed by atoms with Gasteiger partial charge in [-0.15, -0.1) is 24.2 Å². The Morgan fingerprint density at radius 1 is 1.38 bits per heavy atom. The van der Waals surface area contributed by atoms with E-state index in [9.17, 15) is 4.79 Å². The molecule has 1 aliphatic heterocycles. The van der Waals surface area contributed by atoms with Crippen LogP contribution in [0.15, 0.2) is 29.2 Å². The van der Waals surface area contributed by atoms with Crippen molar-refractivity contribution in [1.82, 2.24) is 10.6 Å². The second-order valence-corrected chi connectivity index (χ2v) is 7.33. The molecular weight excluding hydrogens is 304 g/mol. The van der Waals surface area contributed by atoms with Gasteiger partial charge in [0, 0.05) is 22.7 Å². The van der Waals surface area contributed by atoms with Crippen LogP contribution in [0.25, 0.3) is 0 Å². The standard InChI is InChI=1S/C16H24N2OS.ClH/c1-11(2)20-15-7-5-4-6-13(15)16(19)18-14-10-17-9-8-12(14)3;/h4-7,11-12,14,17H,8-10H2,1-3H3,(H,18,19);1H. The monoisotopic (exact) mass is 328 g/mol. The first-order valence-corrected chi connectivity index (χ1v) is 8.23. The largest absolute Gasteiger partial charge is 0.348 e. The zero-order valence-electron chi connectivity index (χ0n) is 12.9. The van der Waals surface area contributed by atoms with E-state index in [4.69, 9.17) is 0 Å². The maximum Gasteiger partial charge on any atom is 0.252 e. The summed E-state index contributed by atoms with van der Waals surface area (Å²) in [5.74, 6) is 0.583. The van der Waals surface area contributed by atoms with E-state index in [0.717, 1.165) is 30.0 Å². The lowest BCUT2D eigenvalue weighted by Crippen LogP contribution is -2.50. The molecule has 5 heteroatoms. The minimum atomic E-state index is 0. The lowest BCUT2D eigenvalue weighted by Gasteiger charge is -2.30. The quantitative estimate of drug-likeness (QED) is 0.833. The highest BCUT2D eigenvalue weighted by molar-refractivity contribution is 8.00. The average molecular weight is 329 g/mol. The third kappa shape index (κ3) is 5.20. The summed E-state index contributed by atoms with van der Waals surface area (Å²) in [7, 11) is 0. The van der Waals surface area contributed by atoms with E-state index in [0.29, 0.717) is 11.2 Å². The van der Waals surface area contributed by atoms with Crippen LogP contribution >= 0.6 is 24.2 Å². The summed E-state index contributed by atoms with van der Waals surface area (Å²) >= 11 is 1.74. The van der Waals surface area contributed by atoms with Crippen LogP contribution in [-0.2, 0) is 0 Å². The van der Waals surface area contributed by atoms with Gasteiger partial charge >= 0.3 is 0 Å². The summed E-state index contributed by atoms with van der Waals surface area (Å²) in [5.41, 5.74) is 0.795. The Labute approximate surface area is 138 Å². The van der Waals surface area contributed by atoms with E-state index in [-0.39, 0.29) is 24.4 Å². The number of thioether (sulfide) groups is 1. The van der Waals surface area contributed by atoms with Crippen LogP contribution in [-0.4, -0.2) is 30.3 Å². The molecule has 0 radical (unpaired) electrons. The second-order valence-electron chi connectivity index (χ2n) is 5.71. The normalized spacial score (nSPS) is 21.7. The Balaban J connectivity index is 0.00000220. The third-order valence-electron chi connectivity index (χ3n) is 3.64. The minimum absolute atomic E-state index is 0. The zero-order chi connectivity index (χ0) is 14.5. The highest BCUT2D eigenvalue weighted by atomic mass is 35.5. The van der Waals surface area contributed by atoms with Gasteiger partial charge in [0.2, 0.25) is 0 Å². The van der Waals surface area contributed by atoms with E-state index in [1.165, 1.54) is 0 Å². The highest BCUT2D eigenvalue weighted by Crippen LogP contribution is 2.26. The van der Waals surface area contributed by atoms with Crippen molar-refractivity contribution < 1.29 is 4.79 Å². The molecule has 1 heterocycles. The van der Waals surface area contributed by atoms with Crippen LogP contribution < -0.4 is 10.6 Å². The molecule has 1 amide bonds. The molecule has 1 fully saturated rings. The van der Waals surface area contributed by atoms with E-state index in [2.05, 4.69) is 31.4 Å². The molecule has 2 N–H and O–H groups in total. The summed E-state index contributed by atoms with van der Waals surface area (Å²) in [6.45, 7) is 8.42. The van der Waals surface area contributed by atoms with Crippen LogP contribution in [0.1, 0.15) is 37.6 Å². The second kappa shape index (κ2) is 8.66. The van der Waals surface area contributed by atoms with Gasteiger partial charge in [0.05, 0.1) is 5.56 Å². The lowest BCUT2D eigenvalue weighted by molar-refractivity contribution is 0.0912. The van der Waals surface area contributed by atoms with Gasteiger partial charge in [-0.3, -0.25) is 4.79 Å². The first-order valence-electron chi connectivity index (χ1n) is 7.35. The molecule has 0 aromatic heterocycles. The third-order valence-corrected chi connectivity index (χ3v) is 4.72. The molecule has 2 atom stereocenters. The van der Waals surface area contributed by atoms with E-state index >= 15 is 0 Å². The number of carbonyl (C=O) groups is 1. The molecule has 21 heavy (non-hydrogen) atoms. The molecule has 3 nitrogen and oxygen atoms in total. The predicted octanol–water partition coefficient (Wildman–Crippen LogP) is 3.34. The first kappa shape index (κ1) is 18.3. The molecule has 1 aromatic carbocycles. The average Bonchev–Trinajstić information content (AvgIpc) is 2.41. The Morgan fingerprint density at radius 3 is 2.76 bits per heavy atom. The first-order chi connectivity index (χ1) is 9.58. The van der Waals surface area contributed by atoms with Crippen LogP contribution in [0.2, 0.25) is 0 Å². The number of halogens is 1. The number of benzene rings is 1. The fourth-order valence-electron chi connectivity index (χ4n) is 2.44. The van der Waals surface area contributed by atoms with E-state index in [1.807, 2.05) is 24.3 Å². The summed E-state index contributed by atoms with van der Waals surface area (Å²) in [6.07, 6.45) is 1.12. The van der Waals surface area contributed by atoms with Gasteiger partial charge in [0.25, 0.3) is 5.91 Å². The van der Waals surface area contributed by atoms with Gasteiger partial charge in [-0.2, -0.15) is 0 Å². The van der Waals surface area contributed by atoms with Gasteiger partial charge in [-0.05, 0) is 31.0 Å². The van der Waals surface area contributed by atoms with Crippen molar-refractivity contribution in [3.05, 3.63) is 29.8 Å². The van der Waals surface area contributed by atoms with Gasteiger partial charge in [0.1, 0.15) is 0 Å². The van der Waals surface area contributed by atoms with Gasteiger partial charge in [-0.1, -0.05) is 32.9 Å². The Kier molecular flexibility index (Phi) is 7.57. The number of nitrogens with one attached hydrogen (secondary N) is 2. The number of carbonyl (C=O) groups excluding carboxylic acids is 1. The summed E-state index contributed by atoms with van der Waals surface area (Å²) in [5, 5.41) is 7.00. The summed E-state index contributed by atoms with van der Waals surface area (Å²) in [4.78, 5) is 13.6. The lowest BCUT2D eigenvalue weighted by atomic mass is 9.94. The molecule has 118 valence electrons. The molecule has 0 saturated carbocycles. The number of hydrogen-bond acceptors (Lipinski definition) is 3. The van der Waals surface area contributed by atoms with Crippen molar-refractivity contribution in [2.45, 2.75) is 43.4 Å². The fourth-order valence-corrected chi connectivity index (χ4v) is 3.39. The van der Waals surface area contributed by atoms with Crippen molar-refractivity contribution >= 4 is 30.1 Å². The van der Waals surface area contributed by atoms with Crippen molar-refractivity contribution in [3.63, 3.8) is 0 Å². The maximum absolute atomic E-state index is 12.5. The van der Waals surface area contributed by atoms with Crippen LogP contribution in [0.5, 0.6) is 0 Å². The molecule has 1 saturated heterocycles. The fraction of sp³-hybridized carbons (Fsp3) is 0.562. The molecule has 2 unspecified atom stereocenters. The Hall–Kier alpha value is -0.710. The molecule has 0 bridgehead atoms. The van der Waals surface area contributed by atoms with Crippen LogP contribution in [0.3, 0.4) is 0 Å². The van der Waals surface area contributed by atoms with Crippen molar-refractivity contribution in [2.75, 3.05) is 13.1 Å². The summed E-state index contributed by atoms with van der Waals surface area (Å²) in [6, 6.07) is 8.10. The van der Waals surface area contributed by atoms with Crippen LogP contribution in [0, 0.1) is 5.92 Å². The molecule has 0 spiro atoms. The predicted molar refractivity (Wildman–Crippen MR) is 92.6 cm³/mol. The summed E-state index contributed by atoms with van der Waals surface area (Å²) < 4.78 is 0. The highest BCUT2D eigenvalue weighted by Gasteiger charge is 2.24. The van der Waals surface area contributed by atoms with Crippen molar-refractivity contribution in [2.24, 2.45) is 5.92 Å². The van der Waals surface area contributed by atoms with Gasteiger partial charge in [0.15, 0.2) is 0 Å². The Bertz CT molecular complexity index is 467. The number of piperidine rings is 1. The van der Waals surface area contributed by atoms with Crippen molar-refractivity contribution in [3.8, 4) is 0 Å². The van der Waals surface area contributed by atoms with E-state index < -0.39 is 0 Å². The zero-order valence-corrected chi connectivity index (χ0v) is 14.5. The topological polar surface area (TPSA) is 41.1 Å². The van der Waals surface area contributed by atoms with Crippen molar-refractivity contribution in [1.29, 1.82) is 0 Å². The molecular formula is C16H25ClN2OS. The maximum atomic E-state index is 12.5. The van der Waals surface area contributed by atoms with Gasteiger partial charge < -0.3 is 10.6 Å². The van der Waals surface area contributed by atoms with E-state index in [1.54, 1.807) is 11.8 Å². The number of rotatable bonds is 4. The smallest absolute Gasteiger partial charge is 0.252 e. The molecule has 0 aliphatic carbocycles. The number of hydrogen-bond donors (Lipinski definition) is 2. The number of amides is 1. The van der Waals surface area contributed by atoms with Gasteiger partial charge in [-0.25, -0.2) is 0 Å². The van der Waals surface area contributed by atoms with Crippen LogP contribution in [0.4, 0.5) is 0 Å². The Morgan fingerprint density at radius 2 is 2.10 bits per heavy atom.